The van der Waals surface area contributed by atoms with E-state index >= 15 is 0 Å². The van der Waals surface area contributed by atoms with Gasteiger partial charge in [0.2, 0.25) is 5.95 Å². The van der Waals surface area contributed by atoms with Gasteiger partial charge in [0.25, 0.3) is 0 Å². The molecule has 0 unspecified atom stereocenters. The highest BCUT2D eigenvalue weighted by Crippen LogP contribution is 2.15. The maximum absolute atomic E-state index is 4.48. The topological polar surface area (TPSA) is 58.5 Å². The number of aryl methyl sites for hydroxylation is 2. The zero-order valence-corrected chi connectivity index (χ0v) is 10.4. The van der Waals surface area contributed by atoms with Crippen molar-refractivity contribution in [3.8, 4) is 0 Å². The molecule has 0 saturated heterocycles. The quantitative estimate of drug-likeness (QED) is 0.739. The van der Waals surface area contributed by atoms with E-state index in [0.29, 0.717) is 6.54 Å². The van der Waals surface area contributed by atoms with Crippen molar-refractivity contribution in [1.82, 2.24) is 19.5 Å². The summed E-state index contributed by atoms with van der Waals surface area (Å²) in [5, 5.41) is 3.25. The Kier molecular flexibility index (Phi) is 2.51. The van der Waals surface area contributed by atoms with Crippen molar-refractivity contribution in [2.75, 3.05) is 5.32 Å². The van der Waals surface area contributed by atoms with Gasteiger partial charge < -0.3 is 14.9 Å². The summed E-state index contributed by atoms with van der Waals surface area (Å²) in [6.45, 7) is 2.73. The number of hydrogen-bond acceptors (Lipinski definition) is 3. The molecule has 0 amide bonds. The fourth-order valence-electron chi connectivity index (χ4n) is 1.94. The van der Waals surface area contributed by atoms with Gasteiger partial charge in [-0.15, -0.1) is 0 Å². The Balaban J connectivity index is 1.81. The number of benzene rings is 1. The molecule has 18 heavy (non-hydrogen) atoms. The van der Waals surface area contributed by atoms with Crippen LogP contribution in [-0.2, 0) is 13.6 Å². The summed E-state index contributed by atoms with van der Waals surface area (Å²) in [5.41, 5.74) is 3.25. The first kappa shape index (κ1) is 10.8. The van der Waals surface area contributed by atoms with Crippen molar-refractivity contribution in [2.24, 2.45) is 7.05 Å². The molecule has 2 heterocycles. The van der Waals surface area contributed by atoms with Gasteiger partial charge in [0.1, 0.15) is 5.82 Å². The van der Waals surface area contributed by atoms with Gasteiger partial charge in [-0.25, -0.2) is 9.97 Å². The molecule has 0 atom stereocenters. The zero-order chi connectivity index (χ0) is 12.5. The minimum Gasteiger partial charge on any atom is -0.349 e. The van der Waals surface area contributed by atoms with Crippen LogP contribution in [0, 0.1) is 6.92 Å². The molecule has 1 aromatic carbocycles. The highest BCUT2D eigenvalue weighted by molar-refractivity contribution is 5.78. The van der Waals surface area contributed by atoms with E-state index in [1.54, 1.807) is 6.20 Å². The van der Waals surface area contributed by atoms with Crippen LogP contribution in [-0.4, -0.2) is 19.5 Å². The smallest absolute Gasteiger partial charge is 0.201 e. The Morgan fingerprint density at radius 2 is 2.28 bits per heavy atom. The molecule has 0 aliphatic heterocycles. The number of H-pyrrole nitrogens is 1. The van der Waals surface area contributed by atoms with Crippen LogP contribution < -0.4 is 5.32 Å². The predicted molar refractivity (Wildman–Crippen MR) is 71.4 cm³/mol. The Labute approximate surface area is 105 Å². The van der Waals surface area contributed by atoms with Gasteiger partial charge in [0.15, 0.2) is 0 Å². The normalized spacial score (nSPS) is 11.0. The number of imidazole rings is 2. The maximum atomic E-state index is 4.48. The first-order chi connectivity index (χ1) is 8.72. The number of rotatable bonds is 3. The highest BCUT2D eigenvalue weighted by atomic mass is 15.1. The minimum atomic E-state index is 0.655. The molecule has 0 spiro atoms. The van der Waals surface area contributed by atoms with Gasteiger partial charge >= 0.3 is 0 Å². The van der Waals surface area contributed by atoms with E-state index in [-0.39, 0.29) is 0 Å². The second-order valence-electron chi connectivity index (χ2n) is 4.41. The molecule has 0 aliphatic rings. The molecule has 0 saturated carbocycles. The second kappa shape index (κ2) is 4.18. The van der Waals surface area contributed by atoms with E-state index in [9.17, 15) is 0 Å². The number of aromatic amines is 1. The zero-order valence-electron chi connectivity index (χ0n) is 10.4. The van der Waals surface area contributed by atoms with Crippen LogP contribution in [0.2, 0.25) is 0 Å². The molecule has 3 aromatic rings. The van der Waals surface area contributed by atoms with E-state index < -0.39 is 0 Å². The van der Waals surface area contributed by atoms with Gasteiger partial charge in [-0.3, -0.25) is 0 Å². The lowest BCUT2D eigenvalue weighted by atomic mass is 10.2. The van der Waals surface area contributed by atoms with Crippen molar-refractivity contribution in [1.29, 1.82) is 0 Å². The van der Waals surface area contributed by atoms with Crippen LogP contribution in [0.5, 0.6) is 0 Å². The van der Waals surface area contributed by atoms with Crippen molar-refractivity contribution >= 4 is 17.0 Å². The van der Waals surface area contributed by atoms with Gasteiger partial charge in [0, 0.05) is 19.4 Å². The summed E-state index contributed by atoms with van der Waals surface area (Å²) in [5.74, 6) is 1.75. The third-order valence-electron chi connectivity index (χ3n) is 2.97. The summed E-state index contributed by atoms with van der Waals surface area (Å²) in [6.07, 6.45) is 3.72. The van der Waals surface area contributed by atoms with E-state index in [0.717, 1.165) is 22.8 Å². The molecule has 0 radical (unpaired) electrons. The third-order valence-corrected chi connectivity index (χ3v) is 2.97. The van der Waals surface area contributed by atoms with Crippen molar-refractivity contribution < 1.29 is 0 Å². The van der Waals surface area contributed by atoms with Crippen molar-refractivity contribution in [3.63, 3.8) is 0 Å². The summed E-state index contributed by atoms with van der Waals surface area (Å²) >= 11 is 0. The van der Waals surface area contributed by atoms with Gasteiger partial charge in [-0.1, -0.05) is 6.07 Å². The van der Waals surface area contributed by atoms with E-state index in [4.69, 9.17) is 0 Å². The summed E-state index contributed by atoms with van der Waals surface area (Å²) in [6, 6.07) is 6.17. The monoisotopic (exact) mass is 241 g/mol. The average Bonchev–Trinajstić information content (AvgIpc) is 2.92. The molecule has 3 rings (SSSR count). The molecular formula is C13H15N5. The minimum absolute atomic E-state index is 0.655. The number of aromatic nitrogens is 4. The van der Waals surface area contributed by atoms with Crippen molar-refractivity contribution in [3.05, 3.63) is 42.0 Å². The van der Waals surface area contributed by atoms with Crippen LogP contribution in [0.15, 0.2) is 30.6 Å². The van der Waals surface area contributed by atoms with Crippen LogP contribution in [0.3, 0.4) is 0 Å². The molecule has 2 N–H and O–H groups in total. The molecule has 0 bridgehead atoms. The predicted octanol–water partition coefficient (Wildman–Crippen LogP) is 2.22. The lowest BCUT2D eigenvalue weighted by Crippen LogP contribution is -2.06. The van der Waals surface area contributed by atoms with Crippen molar-refractivity contribution in [2.45, 2.75) is 13.5 Å². The van der Waals surface area contributed by atoms with E-state index in [1.807, 2.05) is 23.9 Å². The lowest BCUT2D eigenvalue weighted by Gasteiger charge is -2.02. The number of anilines is 1. The van der Waals surface area contributed by atoms with Crippen LogP contribution >= 0.6 is 0 Å². The first-order valence-electron chi connectivity index (χ1n) is 5.89. The lowest BCUT2D eigenvalue weighted by molar-refractivity contribution is 0.809. The molecule has 2 aromatic heterocycles. The highest BCUT2D eigenvalue weighted by Gasteiger charge is 2.04. The van der Waals surface area contributed by atoms with Crippen LogP contribution in [0.1, 0.15) is 11.4 Å². The van der Waals surface area contributed by atoms with Gasteiger partial charge in [0.05, 0.1) is 17.6 Å². The fraction of sp³-hybridized carbons (Fsp3) is 0.231. The van der Waals surface area contributed by atoms with Crippen LogP contribution in [0.4, 0.5) is 5.95 Å². The number of nitrogens with zero attached hydrogens (tertiary/aromatic N) is 3. The fourth-order valence-corrected chi connectivity index (χ4v) is 1.94. The molecule has 92 valence electrons. The number of nitrogens with one attached hydrogen (secondary N) is 2. The Bertz CT molecular complexity index is 680. The maximum Gasteiger partial charge on any atom is 0.201 e. The van der Waals surface area contributed by atoms with Crippen LogP contribution in [0.25, 0.3) is 11.0 Å². The standard InChI is InChI=1S/C13H15N5/c1-9-3-4-10-11(7-9)17-13(16-10)15-8-12-14-5-6-18(12)2/h3-7H,8H2,1-2H3,(H2,15,16,17). The average molecular weight is 241 g/mol. The number of fused-ring (bicyclic) bond motifs is 1. The Hall–Kier alpha value is -2.30. The summed E-state index contributed by atoms with van der Waals surface area (Å²) < 4.78 is 1.99. The summed E-state index contributed by atoms with van der Waals surface area (Å²) in [7, 11) is 1.98. The molecule has 5 heteroatoms. The SMILES string of the molecule is Cc1ccc2nc(NCc3nccn3C)[nH]c2c1. The van der Waals surface area contributed by atoms with E-state index in [2.05, 4.69) is 39.3 Å². The Morgan fingerprint density at radius 1 is 1.39 bits per heavy atom. The first-order valence-corrected chi connectivity index (χ1v) is 5.89. The molecule has 5 nitrogen and oxygen atoms in total. The second-order valence-corrected chi connectivity index (χ2v) is 4.41. The molecular weight excluding hydrogens is 226 g/mol. The Morgan fingerprint density at radius 3 is 3.06 bits per heavy atom. The van der Waals surface area contributed by atoms with E-state index in [1.165, 1.54) is 5.56 Å². The molecule has 0 fully saturated rings. The third kappa shape index (κ3) is 1.95. The summed E-state index contributed by atoms with van der Waals surface area (Å²) in [4.78, 5) is 12.0. The van der Waals surface area contributed by atoms with Gasteiger partial charge in [-0.05, 0) is 24.6 Å². The largest absolute Gasteiger partial charge is 0.349 e. The molecule has 0 aliphatic carbocycles. The number of hydrogen-bond donors (Lipinski definition) is 2. The van der Waals surface area contributed by atoms with Gasteiger partial charge in [-0.2, -0.15) is 0 Å².